The first-order chi connectivity index (χ1) is 13.6. The predicted molar refractivity (Wildman–Crippen MR) is 109 cm³/mol. The Balaban J connectivity index is 1.68. The monoisotopic (exact) mass is 414 g/mol. The van der Waals surface area contributed by atoms with Crippen molar-refractivity contribution in [1.82, 2.24) is 19.3 Å². The average Bonchev–Trinajstić information content (AvgIpc) is 3.12. The number of hydrogen-bond acceptors (Lipinski definition) is 4. The molecule has 0 saturated heterocycles. The summed E-state index contributed by atoms with van der Waals surface area (Å²) in [5, 5.41) is 5.79. The fraction of sp³-hybridized carbons (Fsp3) is 0.150. The highest BCUT2D eigenvalue weighted by molar-refractivity contribution is 7.98. The highest BCUT2D eigenvalue weighted by Crippen LogP contribution is 2.23. The fourth-order valence-corrected chi connectivity index (χ4v) is 4.04. The molecule has 0 radical (unpaired) electrons. The minimum atomic E-state index is -0.268. The molecule has 8 heteroatoms. The van der Waals surface area contributed by atoms with Gasteiger partial charge in [-0.1, -0.05) is 53.7 Å². The van der Waals surface area contributed by atoms with E-state index in [0.717, 1.165) is 0 Å². The van der Waals surface area contributed by atoms with E-state index in [2.05, 4.69) is 10.1 Å². The number of aryl methyl sites for hydroxylation is 1. The summed E-state index contributed by atoms with van der Waals surface area (Å²) in [7, 11) is 0. The summed E-state index contributed by atoms with van der Waals surface area (Å²) in [6.07, 6.45) is 3.25. The number of benzene rings is 2. The van der Waals surface area contributed by atoms with Crippen molar-refractivity contribution in [3.8, 4) is 0 Å². The summed E-state index contributed by atoms with van der Waals surface area (Å²) in [5.74, 6) is 0.112. The van der Waals surface area contributed by atoms with Crippen LogP contribution in [-0.4, -0.2) is 19.3 Å². The van der Waals surface area contributed by atoms with Crippen molar-refractivity contribution >= 4 is 34.3 Å². The van der Waals surface area contributed by atoms with Crippen molar-refractivity contribution in [3.63, 3.8) is 0 Å². The van der Waals surface area contributed by atoms with Crippen LogP contribution in [0.2, 0.25) is 5.02 Å². The lowest BCUT2D eigenvalue weighted by molar-refractivity contribution is 0.492. The zero-order chi connectivity index (χ0) is 19.5. The second-order valence-corrected chi connectivity index (χ2v) is 7.55. The maximum Gasteiger partial charge on any atom is 0.262 e. The lowest BCUT2D eigenvalue weighted by Gasteiger charge is -2.13. The van der Waals surface area contributed by atoms with Gasteiger partial charge in [-0.25, -0.2) is 9.37 Å². The molecule has 0 fully saturated rings. The topological polar surface area (TPSA) is 52.7 Å². The van der Waals surface area contributed by atoms with E-state index in [1.807, 2.05) is 18.2 Å². The Kier molecular flexibility index (Phi) is 5.45. The van der Waals surface area contributed by atoms with Crippen LogP contribution < -0.4 is 5.56 Å². The fourth-order valence-electron chi connectivity index (χ4n) is 2.88. The number of para-hydroxylation sites is 1. The quantitative estimate of drug-likeness (QED) is 0.347. The maximum atomic E-state index is 14.0. The molecule has 0 atom stereocenters. The third-order valence-corrected chi connectivity index (χ3v) is 5.52. The first-order valence-corrected chi connectivity index (χ1v) is 10.0. The molecule has 0 N–H and O–H groups in total. The molecular formula is C20H16ClFN4OS. The third kappa shape index (κ3) is 3.95. The van der Waals surface area contributed by atoms with Gasteiger partial charge < -0.3 is 0 Å². The predicted octanol–water partition coefficient (Wildman–Crippen LogP) is 4.38. The molecule has 142 valence electrons. The lowest BCUT2D eigenvalue weighted by atomic mass is 10.2. The van der Waals surface area contributed by atoms with Gasteiger partial charge in [0.15, 0.2) is 5.16 Å². The van der Waals surface area contributed by atoms with Gasteiger partial charge in [-0.15, -0.1) is 0 Å². The Hall–Kier alpha value is -2.64. The lowest BCUT2D eigenvalue weighted by Crippen LogP contribution is -2.25. The maximum absolute atomic E-state index is 14.0. The SMILES string of the molecule is O=c1c2ccccc2nc(SCc2ccccc2F)n1CCn1cc(Cl)cn1. The van der Waals surface area contributed by atoms with Gasteiger partial charge in [0, 0.05) is 18.5 Å². The van der Waals surface area contributed by atoms with Crippen molar-refractivity contribution < 1.29 is 4.39 Å². The van der Waals surface area contributed by atoms with Crippen LogP contribution in [0.1, 0.15) is 5.56 Å². The van der Waals surface area contributed by atoms with Gasteiger partial charge in [0.2, 0.25) is 0 Å². The zero-order valence-corrected chi connectivity index (χ0v) is 16.3. The molecule has 2 aromatic carbocycles. The second-order valence-electron chi connectivity index (χ2n) is 6.17. The van der Waals surface area contributed by atoms with Crippen molar-refractivity contribution in [2.24, 2.45) is 0 Å². The highest BCUT2D eigenvalue weighted by Gasteiger charge is 2.13. The molecule has 28 heavy (non-hydrogen) atoms. The molecule has 0 spiro atoms. The molecule has 0 amide bonds. The first-order valence-electron chi connectivity index (χ1n) is 8.65. The summed E-state index contributed by atoms with van der Waals surface area (Å²) in [6, 6.07) is 13.8. The average molecular weight is 415 g/mol. The Morgan fingerprint density at radius 2 is 1.86 bits per heavy atom. The molecule has 4 rings (SSSR count). The molecule has 0 saturated carbocycles. The number of aromatic nitrogens is 4. The van der Waals surface area contributed by atoms with Crippen LogP contribution in [0.25, 0.3) is 10.9 Å². The normalized spacial score (nSPS) is 11.2. The van der Waals surface area contributed by atoms with Gasteiger partial charge >= 0.3 is 0 Å². The number of halogens is 2. The van der Waals surface area contributed by atoms with Crippen LogP contribution >= 0.6 is 23.4 Å². The molecule has 0 aliphatic heterocycles. The Morgan fingerprint density at radius 1 is 1.07 bits per heavy atom. The molecule has 0 aliphatic carbocycles. The Labute approximate surface area is 169 Å². The second kappa shape index (κ2) is 8.16. The van der Waals surface area contributed by atoms with Crippen LogP contribution in [0, 0.1) is 5.82 Å². The van der Waals surface area contributed by atoms with Crippen molar-refractivity contribution in [2.75, 3.05) is 0 Å². The van der Waals surface area contributed by atoms with E-state index in [1.54, 1.807) is 45.9 Å². The Morgan fingerprint density at radius 3 is 2.64 bits per heavy atom. The van der Waals surface area contributed by atoms with Crippen LogP contribution in [0.3, 0.4) is 0 Å². The minimum absolute atomic E-state index is 0.125. The van der Waals surface area contributed by atoms with Gasteiger partial charge in [0.05, 0.1) is 28.7 Å². The number of nitrogens with zero attached hydrogens (tertiary/aromatic N) is 4. The van der Waals surface area contributed by atoms with E-state index < -0.39 is 0 Å². The summed E-state index contributed by atoms with van der Waals surface area (Å²) >= 11 is 7.25. The van der Waals surface area contributed by atoms with Crippen molar-refractivity contribution in [1.29, 1.82) is 0 Å². The van der Waals surface area contributed by atoms with E-state index in [9.17, 15) is 9.18 Å². The molecule has 4 aromatic rings. The molecule has 2 aromatic heterocycles. The van der Waals surface area contributed by atoms with Crippen LogP contribution in [0.4, 0.5) is 4.39 Å². The smallest absolute Gasteiger partial charge is 0.262 e. The molecule has 5 nitrogen and oxygen atoms in total. The summed E-state index contributed by atoms with van der Waals surface area (Å²) < 4.78 is 17.3. The Bertz CT molecular complexity index is 1190. The van der Waals surface area contributed by atoms with Crippen LogP contribution in [0.5, 0.6) is 0 Å². The summed E-state index contributed by atoms with van der Waals surface area (Å²) in [4.78, 5) is 17.7. The van der Waals surface area contributed by atoms with E-state index in [1.165, 1.54) is 17.8 Å². The molecule has 0 bridgehead atoms. The first kappa shape index (κ1) is 18.7. The minimum Gasteiger partial charge on any atom is -0.285 e. The van der Waals surface area contributed by atoms with Gasteiger partial charge in [-0.3, -0.25) is 14.0 Å². The van der Waals surface area contributed by atoms with Crippen molar-refractivity contribution in [2.45, 2.75) is 24.0 Å². The van der Waals surface area contributed by atoms with Gasteiger partial charge in [-0.2, -0.15) is 5.10 Å². The molecule has 0 aliphatic rings. The highest BCUT2D eigenvalue weighted by atomic mass is 35.5. The van der Waals surface area contributed by atoms with Crippen molar-refractivity contribution in [3.05, 3.63) is 87.7 Å². The molecule has 0 unspecified atom stereocenters. The van der Waals surface area contributed by atoms with E-state index in [-0.39, 0.29) is 11.4 Å². The van der Waals surface area contributed by atoms with E-state index in [4.69, 9.17) is 11.6 Å². The van der Waals surface area contributed by atoms with E-state index in [0.29, 0.717) is 45.5 Å². The van der Waals surface area contributed by atoms with Gasteiger partial charge in [-0.05, 0) is 23.8 Å². The van der Waals surface area contributed by atoms with Crippen LogP contribution in [-0.2, 0) is 18.8 Å². The van der Waals surface area contributed by atoms with Crippen LogP contribution in [0.15, 0.2) is 70.9 Å². The third-order valence-electron chi connectivity index (χ3n) is 4.30. The molecule has 2 heterocycles. The largest absolute Gasteiger partial charge is 0.285 e. The van der Waals surface area contributed by atoms with E-state index >= 15 is 0 Å². The number of hydrogen-bond donors (Lipinski definition) is 0. The summed E-state index contributed by atoms with van der Waals surface area (Å²) in [5.41, 5.74) is 1.07. The zero-order valence-electron chi connectivity index (χ0n) is 14.8. The molecular weight excluding hydrogens is 399 g/mol. The number of thioether (sulfide) groups is 1. The van der Waals surface area contributed by atoms with Gasteiger partial charge in [0.25, 0.3) is 5.56 Å². The summed E-state index contributed by atoms with van der Waals surface area (Å²) in [6.45, 7) is 0.855. The number of rotatable bonds is 6. The number of fused-ring (bicyclic) bond motifs is 1. The standard InChI is InChI=1S/C20H16ClFN4OS/c21-15-11-23-25(12-15)9-10-26-19(27)16-6-2-4-8-18(16)24-20(26)28-13-14-5-1-3-7-17(14)22/h1-8,11-12H,9-10,13H2. The van der Waals surface area contributed by atoms with Gasteiger partial charge in [0.1, 0.15) is 5.82 Å².